The first-order chi connectivity index (χ1) is 22.1. The van der Waals surface area contributed by atoms with Gasteiger partial charge in [0, 0.05) is 36.4 Å². The number of hydrogen-bond donors (Lipinski definition) is 2. The van der Waals surface area contributed by atoms with Crippen LogP contribution in [0.4, 0.5) is 36.8 Å². The average molecular weight is 685 g/mol. The molecule has 0 aliphatic carbocycles. The van der Waals surface area contributed by atoms with E-state index in [0.29, 0.717) is 29.1 Å². The van der Waals surface area contributed by atoms with E-state index in [1.54, 1.807) is 43.0 Å². The molecule has 0 spiro atoms. The predicted octanol–water partition coefficient (Wildman–Crippen LogP) is 5.71. The lowest BCUT2D eigenvalue weighted by Crippen LogP contribution is -2.60. The Morgan fingerprint density at radius 2 is 1.69 bits per heavy atom. The average Bonchev–Trinajstić information content (AvgIpc) is 3.20. The van der Waals surface area contributed by atoms with Crippen molar-refractivity contribution in [2.75, 3.05) is 24.5 Å². The number of anilines is 1. The first-order valence-corrected chi connectivity index (χ1v) is 15.3. The fraction of sp³-hybridized carbons (Fsp3) is 0.485. The van der Waals surface area contributed by atoms with Gasteiger partial charge in [0.2, 0.25) is 5.91 Å². The van der Waals surface area contributed by atoms with Gasteiger partial charge in [-0.05, 0) is 76.9 Å². The summed E-state index contributed by atoms with van der Waals surface area (Å²) >= 11 is 0. The molecule has 9 nitrogen and oxygen atoms in total. The molecule has 15 heteroatoms. The van der Waals surface area contributed by atoms with Gasteiger partial charge in [0.15, 0.2) is 0 Å². The number of aliphatic hydroxyl groups is 1. The van der Waals surface area contributed by atoms with E-state index in [1.807, 2.05) is 13.8 Å². The fourth-order valence-corrected chi connectivity index (χ4v) is 6.07. The summed E-state index contributed by atoms with van der Waals surface area (Å²) in [5.41, 5.74) is -7.15. The molecule has 0 bridgehead atoms. The van der Waals surface area contributed by atoms with Crippen molar-refractivity contribution in [2.24, 2.45) is 0 Å². The zero-order valence-electron chi connectivity index (χ0n) is 27.2. The van der Waals surface area contributed by atoms with E-state index < -0.39 is 65.5 Å². The van der Waals surface area contributed by atoms with E-state index in [1.165, 1.54) is 30.9 Å². The van der Waals surface area contributed by atoms with Gasteiger partial charge in [-0.3, -0.25) is 14.5 Å². The Labute approximate surface area is 274 Å². The summed E-state index contributed by atoms with van der Waals surface area (Å²) in [6.07, 6.45) is -9.43. The van der Waals surface area contributed by atoms with Crippen molar-refractivity contribution in [3.8, 4) is 5.75 Å². The number of carbonyl (C=O) groups excluding carboxylic acids is 3. The number of imide groups is 1. The van der Waals surface area contributed by atoms with Gasteiger partial charge in [-0.25, -0.2) is 4.79 Å². The summed E-state index contributed by atoms with van der Waals surface area (Å²) < 4.78 is 87.2. The van der Waals surface area contributed by atoms with Gasteiger partial charge in [-0.1, -0.05) is 30.4 Å². The molecule has 3 atom stereocenters. The number of hydrogen-bond acceptors (Lipinski definition) is 6. The van der Waals surface area contributed by atoms with Gasteiger partial charge in [-0.15, -0.1) is 0 Å². The molecule has 48 heavy (non-hydrogen) atoms. The quantitative estimate of drug-likeness (QED) is 0.273. The predicted molar refractivity (Wildman–Crippen MR) is 165 cm³/mol. The van der Waals surface area contributed by atoms with Crippen molar-refractivity contribution >= 4 is 29.6 Å². The number of amides is 4. The van der Waals surface area contributed by atoms with E-state index >= 15 is 0 Å². The van der Waals surface area contributed by atoms with Crippen LogP contribution in [0.5, 0.6) is 5.75 Å². The zero-order valence-corrected chi connectivity index (χ0v) is 27.2. The molecular weight excluding hydrogens is 646 g/mol. The van der Waals surface area contributed by atoms with E-state index in [9.17, 15) is 45.8 Å². The molecule has 4 rings (SSSR count). The topological polar surface area (TPSA) is 102 Å². The molecule has 0 radical (unpaired) electrons. The van der Waals surface area contributed by atoms with Crippen LogP contribution in [-0.4, -0.2) is 82.9 Å². The van der Waals surface area contributed by atoms with Gasteiger partial charge in [-0.2, -0.15) is 26.3 Å². The van der Waals surface area contributed by atoms with Gasteiger partial charge < -0.3 is 25.0 Å². The molecule has 0 saturated carbocycles. The highest BCUT2D eigenvalue weighted by molar-refractivity contribution is 6.09. The Bertz CT molecular complexity index is 1580. The van der Waals surface area contributed by atoms with Crippen LogP contribution in [0.2, 0.25) is 0 Å². The highest BCUT2D eigenvalue weighted by Crippen LogP contribution is 2.50. The largest absolute Gasteiger partial charge is 0.491 e. The van der Waals surface area contributed by atoms with Crippen LogP contribution in [0.1, 0.15) is 58.2 Å². The molecule has 4 amide bonds. The van der Waals surface area contributed by atoms with E-state index in [2.05, 4.69) is 5.32 Å². The minimum atomic E-state index is -6.04. The van der Waals surface area contributed by atoms with Crippen LogP contribution in [-0.2, 0) is 20.7 Å². The Morgan fingerprint density at radius 3 is 2.27 bits per heavy atom. The number of rotatable bonds is 8. The number of urea groups is 1. The van der Waals surface area contributed by atoms with Crippen molar-refractivity contribution in [1.82, 2.24) is 15.1 Å². The number of piperazine rings is 1. The number of nitrogens with one attached hydrogen (secondary N) is 1. The zero-order chi connectivity index (χ0) is 36.0. The molecule has 2 heterocycles. The second-order valence-corrected chi connectivity index (χ2v) is 12.5. The van der Waals surface area contributed by atoms with Crippen molar-refractivity contribution in [3.63, 3.8) is 0 Å². The van der Waals surface area contributed by atoms with E-state index in [-0.39, 0.29) is 24.8 Å². The van der Waals surface area contributed by atoms with Crippen LogP contribution >= 0.6 is 0 Å². The minimum absolute atomic E-state index is 0.00207. The molecule has 2 aromatic carbocycles. The number of nitrogens with zero attached hydrogens (tertiary/aromatic N) is 3. The van der Waals surface area contributed by atoms with Crippen molar-refractivity contribution in [3.05, 3.63) is 65.2 Å². The number of alkyl halides is 6. The first-order valence-electron chi connectivity index (χ1n) is 15.3. The maximum atomic E-state index is 13.6. The van der Waals surface area contributed by atoms with Crippen molar-refractivity contribution in [2.45, 2.75) is 83.2 Å². The minimum Gasteiger partial charge on any atom is -0.491 e. The van der Waals surface area contributed by atoms with E-state index in [4.69, 9.17) is 4.74 Å². The van der Waals surface area contributed by atoms with Crippen LogP contribution < -0.4 is 15.0 Å². The van der Waals surface area contributed by atoms with Crippen LogP contribution in [0, 0.1) is 0 Å². The van der Waals surface area contributed by atoms with Crippen LogP contribution in [0.25, 0.3) is 6.08 Å². The van der Waals surface area contributed by atoms with E-state index in [0.717, 1.165) is 11.0 Å². The smallest absolute Gasteiger partial charge is 0.430 e. The molecule has 1 unspecified atom stereocenters. The second-order valence-electron chi connectivity index (χ2n) is 12.5. The molecule has 2 aromatic rings. The molecule has 2 N–H and O–H groups in total. The molecular formula is C33H38F6N4O5. The van der Waals surface area contributed by atoms with Gasteiger partial charge in [0.25, 0.3) is 11.5 Å². The van der Waals surface area contributed by atoms with Crippen molar-refractivity contribution < 1.29 is 50.6 Å². The molecule has 2 fully saturated rings. The molecule has 0 aromatic heterocycles. The molecule has 2 saturated heterocycles. The third-order valence-corrected chi connectivity index (χ3v) is 8.58. The van der Waals surface area contributed by atoms with Crippen molar-refractivity contribution in [1.29, 1.82) is 0 Å². The molecule has 2 aliphatic heterocycles. The second kappa shape index (κ2) is 13.0. The monoisotopic (exact) mass is 684 g/mol. The normalized spacial score (nSPS) is 22.6. The van der Waals surface area contributed by atoms with Gasteiger partial charge in [0.05, 0.1) is 6.10 Å². The Morgan fingerprint density at radius 1 is 1.04 bits per heavy atom. The number of ether oxygens (including phenoxy) is 1. The van der Waals surface area contributed by atoms with Gasteiger partial charge in [0.1, 0.15) is 17.8 Å². The summed E-state index contributed by atoms with van der Waals surface area (Å²) in [4.78, 5) is 44.1. The highest BCUT2D eigenvalue weighted by Gasteiger charge is 2.71. The highest BCUT2D eigenvalue weighted by atomic mass is 19.4. The lowest BCUT2D eigenvalue weighted by atomic mass is 9.89. The first kappa shape index (κ1) is 36.6. The maximum Gasteiger partial charge on any atom is 0.430 e. The number of benzene rings is 2. The lowest BCUT2D eigenvalue weighted by Gasteiger charge is -2.46. The number of allylic oxidation sites excluding steroid dienone is 1. The Balaban J connectivity index is 1.54. The Kier molecular flexibility index (Phi) is 9.88. The fourth-order valence-electron chi connectivity index (χ4n) is 6.07. The summed E-state index contributed by atoms with van der Waals surface area (Å²) in [5.74, 6) is -0.650. The standard InChI is InChI=1S/C33H38F6N4O5/c1-7-9-22-14-24(31(47,32(34,35)36)33(37,38)39)12-13-26(22)41-16-21(5)42(17-20(41)4)27(44)18-43-28(45)30(6,40-29(43)46)23-10-8-11-25(15-23)48-19(2)3/h7-15,19-21,47H,16-18H2,1-6H3,(H,40,46)/b9-7-/t20?,21-,30+/m1/s1. The van der Waals surface area contributed by atoms with Gasteiger partial charge >= 0.3 is 18.4 Å². The third kappa shape index (κ3) is 6.56. The SMILES string of the molecule is C/C=C\c1cc(C(O)(C(F)(F)F)C(F)(F)F)ccc1N1C[C@@H](C)N(C(=O)CN2C(=O)N[C@@](C)(c3cccc(OC(C)C)c3)C2=O)CC1C. The summed E-state index contributed by atoms with van der Waals surface area (Å²) in [7, 11) is 0. The third-order valence-electron chi connectivity index (χ3n) is 8.58. The molecule has 2 aliphatic rings. The number of carbonyl (C=O) groups is 3. The van der Waals surface area contributed by atoms with Crippen LogP contribution in [0.3, 0.4) is 0 Å². The lowest BCUT2D eigenvalue weighted by molar-refractivity contribution is -0.376. The number of halogens is 6. The summed E-state index contributed by atoms with van der Waals surface area (Å²) in [6, 6.07) is 7.29. The summed E-state index contributed by atoms with van der Waals surface area (Å²) in [5, 5.41) is 12.6. The maximum absolute atomic E-state index is 13.6. The molecule has 262 valence electrons. The Hall–Kier alpha value is -4.27. The van der Waals surface area contributed by atoms with Crippen LogP contribution in [0.15, 0.2) is 48.5 Å². The summed E-state index contributed by atoms with van der Waals surface area (Å²) in [6.45, 7) is 9.83.